The first kappa shape index (κ1) is 51.5. The van der Waals surface area contributed by atoms with Gasteiger partial charge in [-0.05, 0) is 57.8 Å². The molecule has 0 aromatic rings. The predicted octanol–water partition coefficient (Wildman–Crippen LogP) is 11.0. The number of phosphoric ester groups is 1. The summed E-state index contributed by atoms with van der Waals surface area (Å²) in [5, 5.41) is 18.3. The number of aliphatic hydroxyl groups is 2. The van der Waals surface area contributed by atoms with Gasteiger partial charge in [-0.2, -0.15) is 0 Å². The Labute approximate surface area is 323 Å². The van der Waals surface area contributed by atoms with Gasteiger partial charge in [0.15, 0.2) is 6.10 Å². The summed E-state index contributed by atoms with van der Waals surface area (Å²) in [7, 11) is -4.62. The summed E-state index contributed by atoms with van der Waals surface area (Å²) in [5.41, 5.74) is 0. The van der Waals surface area contributed by atoms with Gasteiger partial charge in [0.25, 0.3) is 0 Å². The topological polar surface area (TPSA) is 149 Å². The number of ether oxygens (including phenoxy) is 2. The molecular formula is C42H79O10P. The van der Waals surface area contributed by atoms with Gasteiger partial charge in [0.1, 0.15) is 12.7 Å². The van der Waals surface area contributed by atoms with Gasteiger partial charge >= 0.3 is 19.8 Å². The van der Waals surface area contributed by atoms with Gasteiger partial charge in [0.2, 0.25) is 0 Å². The second-order valence-corrected chi connectivity index (χ2v) is 15.8. The number of rotatable bonds is 40. The number of unbranched alkanes of at least 4 members (excludes halogenated alkanes) is 22. The van der Waals surface area contributed by atoms with E-state index >= 15 is 0 Å². The molecule has 0 spiro atoms. The van der Waals surface area contributed by atoms with Gasteiger partial charge in [-0.25, -0.2) is 4.57 Å². The summed E-state index contributed by atoms with van der Waals surface area (Å²) in [6.45, 7) is 2.34. The Morgan fingerprint density at radius 3 is 1.43 bits per heavy atom. The number of aliphatic hydroxyl groups excluding tert-OH is 2. The second kappa shape index (κ2) is 38.7. The van der Waals surface area contributed by atoms with E-state index in [4.69, 9.17) is 19.1 Å². The molecule has 0 amide bonds. The number of phosphoric acid groups is 1. The highest BCUT2D eigenvalue weighted by Crippen LogP contribution is 2.43. The summed E-state index contributed by atoms with van der Waals surface area (Å²) < 4.78 is 32.7. The predicted molar refractivity (Wildman–Crippen MR) is 215 cm³/mol. The average molecular weight is 775 g/mol. The number of esters is 2. The van der Waals surface area contributed by atoms with Gasteiger partial charge in [-0.3, -0.25) is 18.6 Å². The quantitative estimate of drug-likeness (QED) is 0.0238. The largest absolute Gasteiger partial charge is 0.472 e. The minimum Gasteiger partial charge on any atom is -0.462 e. The fourth-order valence-electron chi connectivity index (χ4n) is 5.73. The highest BCUT2D eigenvalue weighted by molar-refractivity contribution is 7.47. The lowest BCUT2D eigenvalue weighted by atomic mass is 10.1. The summed E-state index contributed by atoms with van der Waals surface area (Å²) in [4.78, 5) is 34.9. The minimum absolute atomic E-state index is 0.180. The lowest BCUT2D eigenvalue weighted by Gasteiger charge is -2.20. The first-order valence-electron chi connectivity index (χ1n) is 21.3. The molecule has 0 bridgehead atoms. The highest BCUT2D eigenvalue weighted by Gasteiger charge is 2.27. The lowest BCUT2D eigenvalue weighted by Crippen LogP contribution is -2.29. The summed E-state index contributed by atoms with van der Waals surface area (Å²) in [5.74, 6) is -0.941. The van der Waals surface area contributed by atoms with Crippen molar-refractivity contribution in [3.8, 4) is 0 Å². The van der Waals surface area contributed by atoms with E-state index in [2.05, 4.69) is 42.7 Å². The smallest absolute Gasteiger partial charge is 0.462 e. The van der Waals surface area contributed by atoms with Crippen molar-refractivity contribution in [3.05, 3.63) is 24.3 Å². The monoisotopic (exact) mass is 775 g/mol. The molecule has 312 valence electrons. The van der Waals surface area contributed by atoms with E-state index in [9.17, 15) is 24.2 Å². The molecule has 10 nitrogen and oxygen atoms in total. The molecule has 53 heavy (non-hydrogen) atoms. The van der Waals surface area contributed by atoms with E-state index in [0.29, 0.717) is 12.8 Å². The second-order valence-electron chi connectivity index (χ2n) is 14.4. The molecule has 0 aromatic heterocycles. The zero-order valence-corrected chi connectivity index (χ0v) is 34.6. The van der Waals surface area contributed by atoms with Crippen LogP contribution in [0.4, 0.5) is 0 Å². The highest BCUT2D eigenvalue weighted by atomic mass is 31.2. The average Bonchev–Trinajstić information content (AvgIpc) is 3.14. The third-order valence-electron chi connectivity index (χ3n) is 9.08. The zero-order valence-electron chi connectivity index (χ0n) is 33.7. The van der Waals surface area contributed by atoms with Crippen LogP contribution in [0.1, 0.15) is 194 Å². The number of hydrogen-bond acceptors (Lipinski definition) is 9. The van der Waals surface area contributed by atoms with Crippen LogP contribution in [0, 0.1) is 0 Å². The first-order chi connectivity index (χ1) is 25.7. The van der Waals surface area contributed by atoms with Crippen LogP contribution in [0.2, 0.25) is 0 Å². The Morgan fingerprint density at radius 2 is 0.943 bits per heavy atom. The van der Waals surface area contributed by atoms with Crippen molar-refractivity contribution in [3.63, 3.8) is 0 Å². The summed E-state index contributed by atoms with van der Waals surface area (Å²) in [6.07, 6.45) is 37.1. The summed E-state index contributed by atoms with van der Waals surface area (Å²) in [6, 6.07) is 0. The van der Waals surface area contributed by atoms with Gasteiger partial charge < -0.3 is 24.6 Å². The molecule has 0 aliphatic heterocycles. The Kier molecular flexibility index (Phi) is 37.6. The molecule has 0 heterocycles. The third-order valence-corrected chi connectivity index (χ3v) is 10.0. The van der Waals surface area contributed by atoms with Crippen molar-refractivity contribution in [2.75, 3.05) is 26.4 Å². The van der Waals surface area contributed by atoms with E-state index < -0.39 is 51.8 Å². The number of allylic oxidation sites excluding steroid dienone is 4. The number of hydrogen-bond donors (Lipinski definition) is 3. The fraction of sp³-hybridized carbons (Fsp3) is 0.857. The summed E-state index contributed by atoms with van der Waals surface area (Å²) >= 11 is 0. The molecule has 0 fully saturated rings. The van der Waals surface area contributed by atoms with Gasteiger partial charge in [-0.15, -0.1) is 0 Å². The van der Waals surface area contributed by atoms with Crippen LogP contribution in [-0.2, 0) is 32.7 Å². The van der Waals surface area contributed by atoms with E-state index in [-0.39, 0.29) is 19.4 Å². The molecule has 11 heteroatoms. The molecule has 3 N–H and O–H groups in total. The van der Waals surface area contributed by atoms with E-state index in [1.54, 1.807) is 0 Å². The number of carbonyl (C=O) groups excluding carboxylic acids is 2. The molecule has 3 atom stereocenters. The normalized spacial score (nSPS) is 14.1. The molecule has 1 unspecified atom stereocenters. The van der Waals surface area contributed by atoms with E-state index in [0.717, 1.165) is 44.9 Å². The maximum Gasteiger partial charge on any atom is 0.472 e. The van der Waals surface area contributed by atoms with E-state index in [1.807, 2.05) is 0 Å². The van der Waals surface area contributed by atoms with Crippen LogP contribution in [0.25, 0.3) is 0 Å². The van der Waals surface area contributed by atoms with Crippen molar-refractivity contribution < 1.29 is 47.8 Å². The van der Waals surface area contributed by atoms with Crippen LogP contribution in [0.15, 0.2) is 24.3 Å². The Balaban J connectivity index is 4.32. The fourth-order valence-corrected chi connectivity index (χ4v) is 6.52. The van der Waals surface area contributed by atoms with Crippen molar-refractivity contribution >= 4 is 19.8 Å². The zero-order chi connectivity index (χ0) is 39.1. The SMILES string of the molecule is CCCC/C=C/CCCCCCCCCCCC(=O)O[C@H](COC(=O)CCCCC/C=C/CCCCCCCCCC)COP(=O)(O)OC[C@@H](O)CO. The lowest BCUT2D eigenvalue weighted by molar-refractivity contribution is -0.161. The van der Waals surface area contributed by atoms with Crippen LogP contribution < -0.4 is 0 Å². The van der Waals surface area contributed by atoms with Gasteiger partial charge in [-0.1, -0.05) is 147 Å². The molecular weight excluding hydrogens is 695 g/mol. The molecule has 0 aliphatic rings. The van der Waals surface area contributed by atoms with Gasteiger partial charge in [0.05, 0.1) is 19.8 Å². The van der Waals surface area contributed by atoms with Crippen LogP contribution in [0.3, 0.4) is 0 Å². The molecule has 0 aromatic carbocycles. The molecule has 0 saturated heterocycles. The number of carbonyl (C=O) groups is 2. The van der Waals surface area contributed by atoms with Crippen LogP contribution >= 0.6 is 7.82 Å². The van der Waals surface area contributed by atoms with Crippen molar-refractivity contribution in [1.29, 1.82) is 0 Å². The standard InChI is InChI=1S/C42H79O10P/c1-3-5-7-9-11-13-15-17-19-21-23-25-27-29-31-33-41(45)49-37-40(38-51-53(47,48)50-36-39(44)35-43)52-42(46)34-32-30-28-26-24-22-20-18-16-14-12-10-8-6-4-2/h10,12,21,23,39-40,43-44H,3-9,11,13-20,22,24-38H2,1-2H3,(H,47,48)/b12-10+,23-21+/t39-,40+/m0/s1. The Morgan fingerprint density at radius 1 is 0.547 bits per heavy atom. The van der Waals surface area contributed by atoms with Crippen molar-refractivity contribution in [2.24, 2.45) is 0 Å². The Hall–Kier alpha value is -1.55. The van der Waals surface area contributed by atoms with Crippen molar-refractivity contribution in [1.82, 2.24) is 0 Å². The minimum atomic E-state index is -4.62. The van der Waals surface area contributed by atoms with Crippen LogP contribution in [-0.4, -0.2) is 65.7 Å². The molecule has 0 rings (SSSR count). The Bertz CT molecular complexity index is 941. The van der Waals surface area contributed by atoms with Gasteiger partial charge in [0, 0.05) is 12.8 Å². The molecule has 0 aliphatic carbocycles. The maximum absolute atomic E-state index is 12.6. The van der Waals surface area contributed by atoms with Crippen LogP contribution in [0.5, 0.6) is 0 Å². The maximum atomic E-state index is 12.6. The molecule has 0 radical (unpaired) electrons. The third kappa shape index (κ3) is 38.5. The van der Waals surface area contributed by atoms with E-state index in [1.165, 1.54) is 109 Å². The molecule has 0 saturated carbocycles. The first-order valence-corrected chi connectivity index (χ1v) is 22.8. The van der Waals surface area contributed by atoms with Crippen molar-refractivity contribution in [2.45, 2.75) is 206 Å².